The van der Waals surface area contributed by atoms with Crippen LogP contribution in [0.3, 0.4) is 0 Å². The molecule has 0 N–H and O–H groups in total. The van der Waals surface area contributed by atoms with Crippen molar-refractivity contribution in [3.8, 4) is 17.2 Å². The maximum absolute atomic E-state index is 9.85. The molecule has 8 aromatic carbocycles. The summed E-state index contributed by atoms with van der Waals surface area (Å²) in [7, 11) is 0. The average Bonchev–Trinajstić information content (AvgIpc) is 3.89. The lowest BCUT2D eigenvalue weighted by Gasteiger charge is -2.26. The van der Waals surface area contributed by atoms with Crippen molar-refractivity contribution in [2.45, 2.75) is 0 Å². The van der Waals surface area contributed by atoms with Crippen LogP contribution in [0, 0.1) is 11.3 Å². The van der Waals surface area contributed by atoms with Crippen LogP contribution in [0.25, 0.3) is 87.7 Å². The molecule has 0 fully saturated rings. The fraction of sp³-hybridized carbons (Fsp3) is 0. The zero-order valence-corrected chi connectivity index (χ0v) is 28.9. The van der Waals surface area contributed by atoms with Gasteiger partial charge in [-0.2, -0.15) is 5.26 Å². The Kier molecular flexibility index (Phi) is 5.78. The van der Waals surface area contributed by atoms with Gasteiger partial charge in [0.1, 0.15) is 11.2 Å². The van der Waals surface area contributed by atoms with Gasteiger partial charge < -0.3 is 18.1 Å². The number of furan rings is 1. The van der Waals surface area contributed by atoms with Crippen molar-refractivity contribution < 1.29 is 4.42 Å². The van der Waals surface area contributed by atoms with Crippen LogP contribution in [0.1, 0.15) is 5.56 Å². The van der Waals surface area contributed by atoms with E-state index in [0.29, 0.717) is 5.56 Å². The number of anilines is 3. The number of aromatic nitrogens is 2. The van der Waals surface area contributed by atoms with Crippen molar-refractivity contribution in [1.29, 1.82) is 5.26 Å². The normalized spacial score (nSPS) is 12.1. The fourth-order valence-corrected chi connectivity index (χ4v) is 8.89. The van der Waals surface area contributed by atoms with E-state index in [4.69, 9.17) is 4.42 Å². The van der Waals surface area contributed by atoms with Gasteiger partial charge in [-0.15, -0.1) is 0 Å². The van der Waals surface area contributed by atoms with Crippen molar-refractivity contribution in [3.05, 3.63) is 175 Å². The summed E-state index contributed by atoms with van der Waals surface area (Å²) in [6.07, 6.45) is 0. The number of benzene rings is 8. The van der Waals surface area contributed by atoms with E-state index >= 15 is 0 Å². The fourth-order valence-electron chi connectivity index (χ4n) is 8.89. The summed E-state index contributed by atoms with van der Waals surface area (Å²) in [5.74, 6) is 0. The van der Waals surface area contributed by atoms with Crippen LogP contribution in [-0.2, 0) is 0 Å². The zero-order valence-electron chi connectivity index (χ0n) is 28.9. The molecular formula is C49H28N4O. The first-order valence-corrected chi connectivity index (χ1v) is 18.2. The molecule has 0 atom stereocenters. The van der Waals surface area contributed by atoms with Crippen molar-refractivity contribution in [3.63, 3.8) is 0 Å². The van der Waals surface area contributed by atoms with Gasteiger partial charge in [0.2, 0.25) is 0 Å². The number of hydrogen-bond acceptors (Lipinski definition) is 3. The lowest BCUT2D eigenvalue weighted by molar-refractivity contribution is 0.669. The maximum Gasteiger partial charge on any atom is 0.137 e. The lowest BCUT2D eigenvalue weighted by atomic mass is 10.0. The standard InChI is InChI=1S/C49H28N4O/c50-29-30-17-23-43-41(25-30)40-22-21-39-36-13-4-6-15-42(36)52-44-24-18-32(27-45(44)53(43)49(40)48(39)52)31-9-8-12-34(26-31)51(33-10-2-1-3-11-33)35-19-20-38-37-14-5-7-16-46(37)54-47(38)28-35/h1-28H. The summed E-state index contributed by atoms with van der Waals surface area (Å²) in [5, 5.41) is 16.8. The molecule has 0 saturated heterocycles. The molecule has 0 unspecified atom stereocenters. The molecule has 0 aliphatic heterocycles. The van der Waals surface area contributed by atoms with E-state index in [1.165, 1.54) is 27.3 Å². The summed E-state index contributed by atoms with van der Waals surface area (Å²) in [5.41, 5.74) is 14.7. The third-order valence-corrected chi connectivity index (χ3v) is 11.2. The van der Waals surface area contributed by atoms with Gasteiger partial charge >= 0.3 is 0 Å². The van der Waals surface area contributed by atoms with Crippen LogP contribution >= 0.6 is 0 Å². The minimum Gasteiger partial charge on any atom is -0.456 e. The zero-order chi connectivity index (χ0) is 35.5. The molecule has 54 heavy (non-hydrogen) atoms. The Morgan fingerprint density at radius 3 is 1.93 bits per heavy atom. The van der Waals surface area contributed by atoms with E-state index in [9.17, 15) is 5.26 Å². The van der Waals surface area contributed by atoms with Gasteiger partial charge in [0.25, 0.3) is 0 Å². The van der Waals surface area contributed by atoms with E-state index < -0.39 is 0 Å². The lowest BCUT2D eigenvalue weighted by Crippen LogP contribution is -2.09. The van der Waals surface area contributed by atoms with Crippen LogP contribution in [0.15, 0.2) is 174 Å². The van der Waals surface area contributed by atoms with Gasteiger partial charge in [-0.25, -0.2) is 0 Å². The molecule has 0 bridgehead atoms. The Morgan fingerprint density at radius 2 is 1.06 bits per heavy atom. The van der Waals surface area contributed by atoms with Gasteiger partial charge in [0.05, 0.1) is 44.7 Å². The third kappa shape index (κ3) is 3.91. The quantitative estimate of drug-likeness (QED) is 0.173. The summed E-state index contributed by atoms with van der Waals surface area (Å²) in [6, 6.07) is 62.4. The van der Waals surface area contributed by atoms with E-state index in [1.54, 1.807) is 0 Å². The minimum absolute atomic E-state index is 0.662. The van der Waals surface area contributed by atoms with Gasteiger partial charge in [-0.05, 0) is 90.0 Å². The predicted molar refractivity (Wildman–Crippen MR) is 222 cm³/mol. The predicted octanol–water partition coefficient (Wildman–Crippen LogP) is 13.2. The number of nitrogens with zero attached hydrogens (tertiary/aromatic N) is 4. The van der Waals surface area contributed by atoms with Crippen LogP contribution < -0.4 is 4.90 Å². The first-order valence-electron chi connectivity index (χ1n) is 18.2. The van der Waals surface area contributed by atoms with Crippen LogP contribution in [-0.4, -0.2) is 8.80 Å². The smallest absolute Gasteiger partial charge is 0.137 e. The molecule has 4 heterocycles. The second-order valence-corrected chi connectivity index (χ2v) is 14.1. The summed E-state index contributed by atoms with van der Waals surface area (Å²) in [4.78, 5) is 2.29. The molecule has 0 radical (unpaired) electrons. The first-order chi connectivity index (χ1) is 26.7. The molecule has 0 saturated carbocycles. The Hall–Kier alpha value is -7.55. The van der Waals surface area contributed by atoms with E-state index in [0.717, 1.165) is 77.5 Å². The number of rotatable bonds is 4. The molecule has 250 valence electrons. The highest BCUT2D eigenvalue weighted by Gasteiger charge is 2.22. The van der Waals surface area contributed by atoms with E-state index in [2.05, 4.69) is 165 Å². The molecule has 0 amide bonds. The molecule has 0 aliphatic rings. The first kappa shape index (κ1) is 29.1. The van der Waals surface area contributed by atoms with E-state index in [1.807, 2.05) is 24.3 Å². The monoisotopic (exact) mass is 688 g/mol. The molecule has 4 aromatic heterocycles. The average molecular weight is 689 g/mol. The van der Waals surface area contributed by atoms with Crippen molar-refractivity contribution in [1.82, 2.24) is 8.80 Å². The molecule has 12 aromatic rings. The van der Waals surface area contributed by atoms with E-state index in [-0.39, 0.29) is 0 Å². The molecular weight excluding hydrogens is 661 g/mol. The number of para-hydroxylation sites is 3. The van der Waals surface area contributed by atoms with Gasteiger partial charge in [0, 0.05) is 55.4 Å². The topological polar surface area (TPSA) is 49.0 Å². The number of hydrogen-bond donors (Lipinski definition) is 0. The highest BCUT2D eigenvalue weighted by atomic mass is 16.3. The molecule has 5 nitrogen and oxygen atoms in total. The Morgan fingerprint density at radius 1 is 0.407 bits per heavy atom. The minimum atomic E-state index is 0.662. The molecule has 0 spiro atoms. The Labute approximate surface area is 308 Å². The van der Waals surface area contributed by atoms with Crippen molar-refractivity contribution >= 4 is 93.6 Å². The number of nitriles is 1. The Balaban J connectivity index is 1.10. The van der Waals surface area contributed by atoms with Gasteiger partial charge in [-0.3, -0.25) is 0 Å². The SMILES string of the molecule is N#Cc1ccc2c(c1)c1ccc3c4ccccc4n4c5ccc(-c6cccc(N(c7ccccc7)c7ccc8c(c7)oc7ccccc78)c6)cc5n2c1c34. The molecule has 0 aliphatic carbocycles. The summed E-state index contributed by atoms with van der Waals surface area (Å²) < 4.78 is 11.2. The van der Waals surface area contributed by atoms with Crippen LogP contribution in [0.4, 0.5) is 17.1 Å². The summed E-state index contributed by atoms with van der Waals surface area (Å²) in [6.45, 7) is 0. The van der Waals surface area contributed by atoms with Crippen molar-refractivity contribution in [2.75, 3.05) is 4.90 Å². The maximum atomic E-state index is 9.85. The van der Waals surface area contributed by atoms with Gasteiger partial charge in [-0.1, -0.05) is 84.9 Å². The molecule has 12 rings (SSSR count). The number of fused-ring (bicyclic) bond motifs is 12. The second-order valence-electron chi connectivity index (χ2n) is 14.1. The largest absolute Gasteiger partial charge is 0.456 e. The highest BCUT2D eigenvalue weighted by molar-refractivity contribution is 6.25. The third-order valence-electron chi connectivity index (χ3n) is 11.2. The van der Waals surface area contributed by atoms with Crippen LogP contribution in [0.2, 0.25) is 0 Å². The van der Waals surface area contributed by atoms with Crippen molar-refractivity contribution in [2.24, 2.45) is 0 Å². The second kappa shape index (κ2) is 10.7. The summed E-state index contributed by atoms with van der Waals surface area (Å²) >= 11 is 0. The molecule has 5 heteroatoms. The van der Waals surface area contributed by atoms with Crippen LogP contribution in [0.5, 0.6) is 0 Å². The Bertz CT molecular complexity index is 3520. The van der Waals surface area contributed by atoms with Gasteiger partial charge in [0.15, 0.2) is 0 Å². The highest BCUT2D eigenvalue weighted by Crippen LogP contribution is 2.44.